The van der Waals surface area contributed by atoms with Gasteiger partial charge in [-0.2, -0.15) is 4.39 Å². The largest absolute Gasteiger partial charge is 0.315 e. The zero-order chi connectivity index (χ0) is 8.36. The monoisotopic (exact) mass is 186 g/mol. The van der Waals surface area contributed by atoms with Gasteiger partial charge in [-0.3, -0.25) is 4.79 Å². The van der Waals surface area contributed by atoms with Crippen molar-refractivity contribution in [3.63, 3.8) is 0 Å². The Morgan fingerprint density at radius 3 is 2.10 bits per heavy atom. The fraction of sp³-hybridized carbons (Fsp3) is 0.833. The number of Topliss-reactive ketones (excluding diaryl/α,β-unsaturated/α-hetero) is 1. The fourth-order valence-corrected chi connectivity index (χ4v) is 0.641. The van der Waals surface area contributed by atoms with Crippen molar-refractivity contribution >= 4 is 29.0 Å². The van der Waals surface area contributed by atoms with E-state index in [1.807, 2.05) is 0 Å². The van der Waals surface area contributed by atoms with Crippen molar-refractivity contribution in [1.29, 1.82) is 0 Å². The highest BCUT2D eigenvalue weighted by Crippen LogP contribution is 2.26. The first-order valence-corrected chi connectivity index (χ1v) is 3.69. The van der Waals surface area contributed by atoms with Gasteiger partial charge in [0, 0.05) is 6.42 Å². The number of hydrogen-bond acceptors (Lipinski definition) is 1. The van der Waals surface area contributed by atoms with Gasteiger partial charge in [-0.05, 0) is 5.92 Å². The van der Waals surface area contributed by atoms with E-state index < -0.39 is 10.4 Å². The quantitative estimate of drug-likeness (QED) is 0.620. The molecule has 0 radical (unpaired) electrons. The van der Waals surface area contributed by atoms with Crippen LogP contribution in [0, 0.1) is 5.92 Å². The molecule has 0 N–H and O–H groups in total. The second-order valence-electron chi connectivity index (χ2n) is 2.52. The molecule has 0 spiro atoms. The SMILES string of the molecule is CC(C)CC(=O)C(F)(Cl)Cl. The van der Waals surface area contributed by atoms with E-state index in [2.05, 4.69) is 0 Å². The van der Waals surface area contributed by atoms with Crippen LogP contribution in [0.4, 0.5) is 4.39 Å². The number of ketones is 1. The lowest BCUT2D eigenvalue weighted by atomic mass is 10.1. The smallest absolute Gasteiger partial charge is 0.293 e. The van der Waals surface area contributed by atoms with Crippen molar-refractivity contribution in [2.75, 3.05) is 0 Å². The highest BCUT2D eigenvalue weighted by Gasteiger charge is 2.32. The van der Waals surface area contributed by atoms with Crippen molar-refractivity contribution in [2.45, 2.75) is 24.9 Å². The Labute approximate surface area is 69.5 Å². The van der Waals surface area contributed by atoms with Gasteiger partial charge in [0.1, 0.15) is 0 Å². The number of alkyl halides is 3. The van der Waals surface area contributed by atoms with Crippen LogP contribution in [-0.4, -0.2) is 10.4 Å². The summed E-state index contributed by atoms with van der Waals surface area (Å²) in [6.45, 7) is 3.58. The van der Waals surface area contributed by atoms with E-state index in [0.717, 1.165) is 0 Å². The minimum atomic E-state index is -2.70. The molecule has 4 heteroatoms. The predicted octanol–water partition coefficient (Wildman–Crippen LogP) is 2.70. The van der Waals surface area contributed by atoms with Crippen LogP contribution in [0.15, 0.2) is 0 Å². The van der Waals surface area contributed by atoms with E-state index in [9.17, 15) is 9.18 Å². The van der Waals surface area contributed by atoms with Gasteiger partial charge in [0.25, 0.3) is 0 Å². The zero-order valence-corrected chi connectivity index (χ0v) is 7.34. The first-order chi connectivity index (χ1) is 4.34. The normalized spacial score (nSPS) is 12.2. The summed E-state index contributed by atoms with van der Waals surface area (Å²) in [5.41, 5.74) is 0. The van der Waals surface area contributed by atoms with Crippen LogP contribution >= 0.6 is 23.2 Å². The molecule has 0 aromatic heterocycles. The Morgan fingerprint density at radius 1 is 1.60 bits per heavy atom. The molecular formula is C6H9Cl2FO. The molecule has 0 aliphatic carbocycles. The lowest BCUT2D eigenvalue weighted by molar-refractivity contribution is -0.123. The maximum Gasteiger partial charge on any atom is 0.315 e. The Morgan fingerprint density at radius 2 is 2.00 bits per heavy atom. The van der Waals surface area contributed by atoms with Gasteiger partial charge in [0.2, 0.25) is 5.78 Å². The number of halogens is 3. The molecular weight excluding hydrogens is 178 g/mol. The summed E-state index contributed by atoms with van der Waals surface area (Å²) in [4.78, 5) is 10.6. The molecule has 0 unspecified atom stereocenters. The van der Waals surface area contributed by atoms with Gasteiger partial charge in [-0.25, -0.2) is 0 Å². The number of carbonyl (C=O) groups excluding carboxylic acids is 1. The number of hydrogen-bond donors (Lipinski definition) is 0. The molecule has 10 heavy (non-hydrogen) atoms. The lowest BCUT2D eigenvalue weighted by Crippen LogP contribution is -2.21. The molecule has 0 aromatic carbocycles. The molecule has 0 aromatic rings. The number of carbonyl (C=O) groups is 1. The minimum Gasteiger partial charge on any atom is -0.293 e. The molecule has 1 nitrogen and oxygen atoms in total. The van der Waals surface area contributed by atoms with Crippen LogP contribution in [-0.2, 0) is 4.79 Å². The first kappa shape index (κ1) is 10.2. The highest BCUT2D eigenvalue weighted by atomic mass is 35.5. The summed E-state index contributed by atoms with van der Waals surface area (Å²) in [6.07, 6.45) is 0.0729. The topological polar surface area (TPSA) is 17.1 Å². The second kappa shape index (κ2) is 3.54. The molecule has 0 atom stereocenters. The molecule has 60 valence electrons. The van der Waals surface area contributed by atoms with E-state index in [1.165, 1.54) is 0 Å². The summed E-state index contributed by atoms with van der Waals surface area (Å²) < 4.78 is 9.62. The number of rotatable bonds is 3. The van der Waals surface area contributed by atoms with E-state index in [4.69, 9.17) is 23.2 Å². The third kappa shape index (κ3) is 4.07. The van der Waals surface area contributed by atoms with Crippen molar-refractivity contribution in [3.05, 3.63) is 0 Å². The highest BCUT2D eigenvalue weighted by molar-refractivity contribution is 6.56. The summed E-state index contributed by atoms with van der Waals surface area (Å²) in [7, 11) is 0. The van der Waals surface area contributed by atoms with Crippen LogP contribution < -0.4 is 0 Å². The van der Waals surface area contributed by atoms with Crippen molar-refractivity contribution in [3.8, 4) is 0 Å². The van der Waals surface area contributed by atoms with Gasteiger partial charge >= 0.3 is 4.59 Å². The minimum absolute atomic E-state index is 0.0729. The van der Waals surface area contributed by atoms with Gasteiger partial charge in [-0.1, -0.05) is 37.0 Å². The standard InChI is InChI=1S/C6H9Cl2FO/c1-4(2)3-5(10)6(7,8)9/h4H,3H2,1-2H3. The fourth-order valence-electron chi connectivity index (χ4n) is 0.487. The third-order valence-corrected chi connectivity index (χ3v) is 1.33. The van der Waals surface area contributed by atoms with E-state index >= 15 is 0 Å². The molecule has 0 amide bonds. The van der Waals surface area contributed by atoms with Crippen LogP contribution in [0.25, 0.3) is 0 Å². The molecule has 0 heterocycles. The molecule has 0 aliphatic heterocycles. The van der Waals surface area contributed by atoms with Crippen molar-refractivity contribution < 1.29 is 9.18 Å². The second-order valence-corrected chi connectivity index (χ2v) is 3.75. The molecule has 0 rings (SSSR count). The first-order valence-electron chi connectivity index (χ1n) is 2.94. The van der Waals surface area contributed by atoms with Crippen LogP contribution in [0.3, 0.4) is 0 Å². The third-order valence-electron chi connectivity index (χ3n) is 0.910. The summed E-state index contributed by atoms with van der Waals surface area (Å²) in [5.74, 6) is -0.689. The van der Waals surface area contributed by atoms with E-state index in [1.54, 1.807) is 13.8 Å². The van der Waals surface area contributed by atoms with Gasteiger partial charge < -0.3 is 0 Å². The maximum absolute atomic E-state index is 12.3. The van der Waals surface area contributed by atoms with Crippen LogP contribution in [0.2, 0.25) is 0 Å². The summed E-state index contributed by atoms with van der Waals surface area (Å²) >= 11 is 9.75. The maximum atomic E-state index is 12.3. The van der Waals surface area contributed by atoms with Gasteiger partial charge in [0.15, 0.2) is 0 Å². The van der Waals surface area contributed by atoms with Gasteiger partial charge in [0.05, 0.1) is 0 Å². The lowest BCUT2D eigenvalue weighted by Gasteiger charge is -2.08. The molecule has 0 saturated heterocycles. The molecule has 0 bridgehead atoms. The van der Waals surface area contributed by atoms with Crippen LogP contribution in [0.5, 0.6) is 0 Å². The van der Waals surface area contributed by atoms with Gasteiger partial charge in [-0.15, -0.1) is 0 Å². The van der Waals surface area contributed by atoms with Crippen molar-refractivity contribution in [2.24, 2.45) is 5.92 Å². The molecule has 0 saturated carbocycles. The zero-order valence-electron chi connectivity index (χ0n) is 5.83. The Hall–Kier alpha value is 0.180. The molecule has 0 fully saturated rings. The average Bonchev–Trinajstić information content (AvgIpc) is 1.60. The average molecular weight is 187 g/mol. The summed E-state index contributed by atoms with van der Waals surface area (Å²) in [5, 5.41) is 0. The summed E-state index contributed by atoms with van der Waals surface area (Å²) in [6, 6.07) is 0. The molecule has 0 aliphatic rings. The Kier molecular flexibility index (Phi) is 3.60. The predicted molar refractivity (Wildman–Crippen MR) is 40.0 cm³/mol. The van der Waals surface area contributed by atoms with E-state index in [-0.39, 0.29) is 12.3 Å². The van der Waals surface area contributed by atoms with Crippen molar-refractivity contribution in [1.82, 2.24) is 0 Å². The Balaban J connectivity index is 3.87. The van der Waals surface area contributed by atoms with E-state index in [0.29, 0.717) is 0 Å². The Bertz CT molecular complexity index is 128. The van der Waals surface area contributed by atoms with Crippen LogP contribution in [0.1, 0.15) is 20.3 Å².